The quantitative estimate of drug-likeness (QED) is 0.885. The summed E-state index contributed by atoms with van der Waals surface area (Å²) in [6, 6.07) is 1.36. The molecule has 2 rings (SSSR count). The molecule has 0 saturated carbocycles. The third kappa shape index (κ3) is 2.57. The molecular formula is C11H16N2O3S2. The summed E-state index contributed by atoms with van der Waals surface area (Å²) in [5, 5.41) is 6.58. The Hall–Kier alpha value is -0.920. The van der Waals surface area contributed by atoms with Crippen molar-refractivity contribution in [1.29, 1.82) is 0 Å². The Morgan fingerprint density at radius 3 is 2.39 bits per heavy atom. The molecule has 2 heterocycles. The molecule has 0 aliphatic carbocycles. The molecule has 2 N–H and O–H groups in total. The zero-order valence-corrected chi connectivity index (χ0v) is 11.9. The second-order valence-corrected chi connectivity index (χ2v) is 7.56. The molecule has 1 aromatic rings. The van der Waals surface area contributed by atoms with Crippen molar-refractivity contribution in [1.82, 2.24) is 4.90 Å². The van der Waals surface area contributed by atoms with E-state index in [9.17, 15) is 13.2 Å². The zero-order valence-electron chi connectivity index (χ0n) is 10.3. The van der Waals surface area contributed by atoms with Gasteiger partial charge in [0.05, 0.1) is 5.56 Å². The van der Waals surface area contributed by atoms with E-state index in [1.165, 1.54) is 6.07 Å². The van der Waals surface area contributed by atoms with Crippen LogP contribution in [0, 0.1) is 11.8 Å². The van der Waals surface area contributed by atoms with E-state index in [2.05, 4.69) is 13.8 Å². The van der Waals surface area contributed by atoms with Gasteiger partial charge in [-0.15, -0.1) is 11.3 Å². The predicted octanol–water partition coefficient (Wildman–Crippen LogP) is 1.12. The zero-order chi connectivity index (χ0) is 13.5. The fraction of sp³-hybridized carbons (Fsp3) is 0.545. The highest BCUT2D eigenvalue weighted by Crippen LogP contribution is 2.26. The number of likely N-dealkylation sites (tertiary alicyclic amines) is 1. The van der Waals surface area contributed by atoms with Gasteiger partial charge in [-0.3, -0.25) is 4.79 Å². The normalized spacial score (nSPS) is 24.5. The van der Waals surface area contributed by atoms with Gasteiger partial charge in [0.2, 0.25) is 10.0 Å². The van der Waals surface area contributed by atoms with Gasteiger partial charge in [-0.2, -0.15) is 0 Å². The number of carbonyl (C=O) groups excluding carboxylic acids is 1. The van der Waals surface area contributed by atoms with Crippen molar-refractivity contribution in [3.8, 4) is 0 Å². The summed E-state index contributed by atoms with van der Waals surface area (Å²) in [5.74, 6) is 0.841. The number of hydrogen-bond donors (Lipinski definition) is 1. The second kappa shape index (κ2) is 4.64. The number of nitrogens with two attached hydrogens (primary N) is 1. The molecule has 0 radical (unpaired) electrons. The molecular weight excluding hydrogens is 272 g/mol. The van der Waals surface area contributed by atoms with Crippen LogP contribution in [0.15, 0.2) is 15.7 Å². The summed E-state index contributed by atoms with van der Waals surface area (Å²) in [6.07, 6.45) is 0. The average Bonchev–Trinajstić information content (AvgIpc) is 2.85. The van der Waals surface area contributed by atoms with Crippen LogP contribution in [0.5, 0.6) is 0 Å². The lowest BCUT2D eigenvalue weighted by Gasteiger charge is -2.14. The van der Waals surface area contributed by atoms with E-state index in [0.717, 1.165) is 24.4 Å². The monoisotopic (exact) mass is 288 g/mol. The molecule has 1 saturated heterocycles. The van der Waals surface area contributed by atoms with E-state index in [1.54, 1.807) is 10.3 Å². The number of primary sulfonamides is 1. The Kier molecular flexibility index (Phi) is 3.48. The van der Waals surface area contributed by atoms with Gasteiger partial charge in [-0.25, -0.2) is 13.6 Å². The number of sulfonamides is 1. The first-order valence-corrected chi connectivity index (χ1v) is 8.12. The van der Waals surface area contributed by atoms with Gasteiger partial charge in [0.1, 0.15) is 4.21 Å². The number of carbonyl (C=O) groups is 1. The van der Waals surface area contributed by atoms with Gasteiger partial charge in [0, 0.05) is 18.5 Å². The van der Waals surface area contributed by atoms with Crippen LogP contribution in [-0.4, -0.2) is 32.3 Å². The summed E-state index contributed by atoms with van der Waals surface area (Å²) in [6.45, 7) is 5.67. The molecule has 0 bridgehead atoms. The molecule has 0 aromatic carbocycles. The molecule has 1 fully saturated rings. The molecule has 1 amide bonds. The van der Waals surface area contributed by atoms with E-state index >= 15 is 0 Å². The summed E-state index contributed by atoms with van der Waals surface area (Å²) in [4.78, 5) is 13.9. The Balaban J connectivity index is 2.18. The van der Waals surface area contributed by atoms with Crippen molar-refractivity contribution in [2.45, 2.75) is 18.1 Å². The Morgan fingerprint density at radius 2 is 1.94 bits per heavy atom. The van der Waals surface area contributed by atoms with Crippen LogP contribution in [0.25, 0.3) is 0 Å². The topological polar surface area (TPSA) is 80.5 Å². The lowest BCUT2D eigenvalue weighted by atomic mass is 10.0. The SMILES string of the molecule is CC1CN(C(=O)c2csc(S(N)(=O)=O)c2)CC1C. The number of nitrogens with zero attached hydrogens (tertiary/aromatic N) is 1. The number of hydrogen-bond acceptors (Lipinski definition) is 4. The van der Waals surface area contributed by atoms with Crippen LogP contribution in [0.4, 0.5) is 0 Å². The third-order valence-corrected chi connectivity index (χ3v) is 5.76. The van der Waals surface area contributed by atoms with Crippen LogP contribution in [-0.2, 0) is 10.0 Å². The Morgan fingerprint density at radius 1 is 1.39 bits per heavy atom. The van der Waals surface area contributed by atoms with E-state index in [0.29, 0.717) is 17.4 Å². The highest BCUT2D eigenvalue weighted by atomic mass is 32.2. The minimum absolute atomic E-state index is 0.0335. The fourth-order valence-corrected chi connectivity index (χ4v) is 3.64. The van der Waals surface area contributed by atoms with Gasteiger partial charge in [0.25, 0.3) is 5.91 Å². The van der Waals surface area contributed by atoms with Crippen LogP contribution in [0.2, 0.25) is 0 Å². The number of amides is 1. The lowest BCUT2D eigenvalue weighted by Crippen LogP contribution is -2.28. The molecule has 2 unspecified atom stereocenters. The maximum Gasteiger partial charge on any atom is 0.254 e. The molecule has 5 nitrogen and oxygen atoms in total. The molecule has 18 heavy (non-hydrogen) atoms. The molecule has 100 valence electrons. The van der Waals surface area contributed by atoms with Crippen molar-refractivity contribution < 1.29 is 13.2 Å². The molecule has 2 atom stereocenters. The van der Waals surface area contributed by atoms with Crippen LogP contribution < -0.4 is 5.14 Å². The van der Waals surface area contributed by atoms with Crippen LogP contribution in [0.3, 0.4) is 0 Å². The van der Waals surface area contributed by atoms with Crippen molar-refractivity contribution in [2.24, 2.45) is 17.0 Å². The lowest BCUT2D eigenvalue weighted by molar-refractivity contribution is 0.0785. The van der Waals surface area contributed by atoms with E-state index in [1.807, 2.05) is 0 Å². The van der Waals surface area contributed by atoms with Crippen LogP contribution in [0.1, 0.15) is 24.2 Å². The fourth-order valence-electron chi connectivity index (χ4n) is 2.06. The summed E-state index contributed by atoms with van der Waals surface area (Å²) < 4.78 is 22.3. The first kappa shape index (κ1) is 13.5. The van der Waals surface area contributed by atoms with E-state index in [-0.39, 0.29) is 10.1 Å². The van der Waals surface area contributed by atoms with Crippen molar-refractivity contribution >= 4 is 27.3 Å². The van der Waals surface area contributed by atoms with E-state index < -0.39 is 10.0 Å². The van der Waals surface area contributed by atoms with Crippen LogP contribution >= 0.6 is 11.3 Å². The van der Waals surface area contributed by atoms with E-state index in [4.69, 9.17) is 5.14 Å². The van der Waals surface area contributed by atoms with Crippen molar-refractivity contribution in [3.05, 3.63) is 17.0 Å². The van der Waals surface area contributed by atoms with Gasteiger partial charge in [0.15, 0.2) is 0 Å². The predicted molar refractivity (Wildman–Crippen MR) is 69.9 cm³/mol. The summed E-state index contributed by atoms with van der Waals surface area (Å²) in [5.41, 5.74) is 0.408. The minimum atomic E-state index is -3.71. The molecule has 1 aliphatic rings. The highest BCUT2D eigenvalue weighted by molar-refractivity contribution is 7.91. The smallest absolute Gasteiger partial charge is 0.254 e. The maximum absolute atomic E-state index is 12.2. The Bertz CT molecular complexity index is 555. The first-order chi connectivity index (χ1) is 8.29. The highest BCUT2D eigenvalue weighted by Gasteiger charge is 2.30. The number of thiophene rings is 1. The van der Waals surface area contributed by atoms with Crippen molar-refractivity contribution in [2.75, 3.05) is 13.1 Å². The average molecular weight is 288 g/mol. The minimum Gasteiger partial charge on any atom is -0.338 e. The van der Waals surface area contributed by atoms with Gasteiger partial charge in [-0.05, 0) is 17.9 Å². The van der Waals surface area contributed by atoms with Gasteiger partial charge >= 0.3 is 0 Å². The van der Waals surface area contributed by atoms with Crippen molar-refractivity contribution in [3.63, 3.8) is 0 Å². The standard InChI is InChI=1S/C11H16N2O3S2/c1-7-4-13(5-8(7)2)11(14)9-3-10(17-6-9)18(12,15)16/h3,6-8H,4-5H2,1-2H3,(H2,12,15,16). The maximum atomic E-state index is 12.2. The third-order valence-electron chi connectivity index (χ3n) is 3.38. The summed E-state index contributed by atoms with van der Waals surface area (Å²) in [7, 11) is -3.71. The largest absolute Gasteiger partial charge is 0.338 e. The van der Waals surface area contributed by atoms with Gasteiger partial charge < -0.3 is 4.90 Å². The molecule has 0 spiro atoms. The molecule has 1 aromatic heterocycles. The molecule has 1 aliphatic heterocycles. The Labute approximate surface area is 111 Å². The number of rotatable bonds is 2. The second-order valence-electron chi connectivity index (χ2n) is 4.86. The first-order valence-electron chi connectivity index (χ1n) is 5.69. The summed E-state index contributed by atoms with van der Waals surface area (Å²) >= 11 is 0.985. The molecule has 7 heteroatoms. The van der Waals surface area contributed by atoms with Gasteiger partial charge in [-0.1, -0.05) is 13.8 Å².